The number of benzene rings is 2. The highest BCUT2D eigenvalue weighted by molar-refractivity contribution is 6.35. The standard InChI is InChI=1S/C19H20N2O5/c1-19(24,14-7-8-15-16(9-14)26-12-25-15)11-21-18(23)17(22)20-10-13-5-3-2-4-6-13/h2-9,24H,10-12H2,1H3,(H,20,22)(H,21,23). The van der Waals surface area contributed by atoms with Gasteiger partial charge in [0.05, 0.1) is 6.54 Å². The molecule has 1 unspecified atom stereocenters. The number of aliphatic hydroxyl groups is 1. The van der Waals surface area contributed by atoms with E-state index in [1.165, 1.54) is 0 Å². The van der Waals surface area contributed by atoms with Crippen LogP contribution in [0, 0.1) is 0 Å². The third-order valence-electron chi connectivity index (χ3n) is 4.09. The van der Waals surface area contributed by atoms with E-state index < -0.39 is 17.4 Å². The molecule has 0 aliphatic carbocycles. The van der Waals surface area contributed by atoms with E-state index in [0.29, 0.717) is 17.1 Å². The minimum absolute atomic E-state index is 0.121. The molecule has 0 aromatic heterocycles. The highest BCUT2D eigenvalue weighted by Crippen LogP contribution is 2.35. The second-order valence-corrected chi connectivity index (χ2v) is 6.19. The summed E-state index contributed by atoms with van der Waals surface area (Å²) in [6, 6.07) is 14.3. The van der Waals surface area contributed by atoms with Gasteiger partial charge < -0.3 is 25.2 Å². The number of rotatable bonds is 5. The van der Waals surface area contributed by atoms with Crippen molar-refractivity contribution in [1.82, 2.24) is 10.6 Å². The van der Waals surface area contributed by atoms with Gasteiger partial charge in [0.15, 0.2) is 11.5 Å². The van der Waals surface area contributed by atoms with Gasteiger partial charge in [-0.25, -0.2) is 0 Å². The maximum Gasteiger partial charge on any atom is 0.309 e. The molecule has 0 bridgehead atoms. The first-order valence-electron chi connectivity index (χ1n) is 8.18. The molecule has 2 aromatic rings. The molecule has 1 aliphatic rings. The fraction of sp³-hybridized carbons (Fsp3) is 0.263. The van der Waals surface area contributed by atoms with Gasteiger partial charge in [0.25, 0.3) is 0 Å². The first kappa shape index (κ1) is 17.8. The molecule has 1 atom stereocenters. The smallest absolute Gasteiger partial charge is 0.309 e. The van der Waals surface area contributed by atoms with Crippen molar-refractivity contribution in [3.8, 4) is 11.5 Å². The maximum atomic E-state index is 12.0. The van der Waals surface area contributed by atoms with Crippen molar-refractivity contribution in [2.24, 2.45) is 0 Å². The Morgan fingerprint density at radius 1 is 1.04 bits per heavy atom. The second kappa shape index (κ2) is 7.45. The molecule has 3 rings (SSSR count). The van der Waals surface area contributed by atoms with E-state index in [1.807, 2.05) is 30.3 Å². The molecule has 7 heteroatoms. The molecule has 0 spiro atoms. The number of hydrogen-bond donors (Lipinski definition) is 3. The van der Waals surface area contributed by atoms with Crippen molar-refractivity contribution in [1.29, 1.82) is 0 Å². The van der Waals surface area contributed by atoms with Gasteiger partial charge in [0, 0.05) is 6.54 Å². The van der Waals surface area contributed by atoms with Crippen LogP contribution in [0.1, 0.15) is 18.1 Å². The number of ether oxygens (including phenoxy) is 2. The lowest BCUT2D eigenvalue weighted by molar-refractivity contribution is -0.139. The van der Waals surface area contributed by atoms with E-state index in [-0.39, 0.29) is 19.9 Å². The van der Waals surface area contributed by atoms with Crippen LogP contribution in [0.5, 0.6) is 11.5 Å². The first-order chi connectivity index (χ1) is 12.5. The van der Waals surface area contributed by atoms with E-state index in [4.69, 9.17) is 9.47 Å². The molecule has 2 aromatic carbocycles. The summed E-state index contributed by atoms with van der Waals surface area (Å²) in [5, 5.41) is 15.6. The summed E-state index contributed by atoms with van der Waals surface area (Å²) in [5.41, 5.74) is 0.0730. The topological polar surface area (TPSA) is 96.9 Å². The van der Waals surface area contributed by atoms with Crippen LogP contribution in [0.2, 0.25) is 0 Å². The Morgan fingerprint density at radius 2 is 1.73 bits per heavy atom. The zero-order valence-corrected chi connectivity index (χ0v) is 14.3. The maximum absolute atomic E-state index is 12.0. The van der Waals surface area contributed by atoms with Crippen LogP contribution in [-0.2, 0) is 21.7 Å². The van der Waals surface area contributed by atoms with Crippen LogP contribution in [-0.4, -0.2) is 30.3 Å². The Balaban J connectivity index is 1.53. The van der Waals surface area contributed by atoms with Crippen molar-refractivity contribution in [2.75, 3.05) is 13.3 Å². The SMILES string of the molecule is CC(O)(CNC(=O)C(=O)NCc1ccccc1)c1ccc2c(c1)OCO2. The summed E-state index contributed by atoms with van der Waals surface area (Å²) in [6.45, 7) is 1.82. The molecule has 0 saturated heterocycles. The van der Waals surface area contributed by atoms with Crippen LogP contribution in [0.15, 0.2) is 48.5 Å². The highest BCUT2D eigenvalue weighted by atomic mass is 16.7. The molecule has 7 nitrogen and oxygen atoms in total. The van der Waals surface area contributed by atoms with E-state index in [0.717, 1.165) is 5.56 Å². The first-order valence-corrected chi connectivity index (χ1v) is 8.18. The van der Waals surface area contributed by atoms with Crippen LogP contribution in [0.4, 0.5) is 0 Å². The van der Waals surface area contributed by atoms with Gasteiger partial charge in [-0.1, -0.05) is 36.4 Å². The summed E-state index contributed by atoms with van der Waals surface area (Å²) in [6.07, 6.45) is 0. The molecular weight excluding hydrogens is 336 g/mol. The van der Waals surface area contributed by atoms with Gasteiger partial charge in [-0.15, -0.1) is 0 Å². The molecule has 26 heavy (non-hydrogen) atoms. The molecule has 0 fully saturated rings. The van der Waals surface area contributed by atoms with Crippen LogP contribution in [0.3, 0.4) is 0 Å². The largest absolute Gasteiger partial charge is 0.454 e. The number of nitrogens with one attached hydrogen (secondary N) is 2. The predicted molar refractivity (Wildman–Crippen MR) is 93.4 cm³/mol. The minimum Gasteiger partial charge on any atom is -0.454 e. The predicted octanol–water partition coefficient (Wildman–Crippen LogP) is 1.06. The number of carbonyl (C=O) groups is 2. The van der Waals surface area contributed by atoms with Crippen LogP contribution < -0.4 is 20.1 Å². The van der Waals surface area contributed by atoms with E-state index >= 15 is 0 Å². The Bertz CT molecular complexity index is 805. The molecule has 1 heterocycles. The normalized spacial score (nSPS) is 14.4. The van der Waals surface area contributed by atoms with Crippen molar-refractivity contribution >= 4 is 11.8 Å². The fourth-order valence-electron chi connectivity index (χ4n) is 2.52. The lowest BCUT2D eigenvalue weighted by Gasteiger charge is -2.24. The number of carbonyl (C=O) groups excluding carboxylic acids is 2. The monoisotopic (exact) mass is 356 g/mol. The number of hydrogen-bond acceptors (Lipinski definition) is 5. The molecule has 3 N–H and O–H groups in total. The van der Waals surface area contributed by atoms with Crippen LogP contribution >= 0.6 is 0 Å². The molecular formula is C19H20N2O5. The Labute approximate surface area is 150 Å². The Hall–Kier alpha value is -3.06. The zero-order valence-electron chi connectivity index (χ0n) is 14.3. The van der Waals surface area contributed by atoms with Gasteiger partial charge in [0.2, 0.25) is 6.79 Å². The molecule has 1 aliphatic heterocycles. The van der Waals surface area contributed by atoms with Crippen molar-refractivity contribution < 1.29 is 24.2 Å². The van der Waals surface area contributed by atoms with Gasteiger partial charge in [-0.3, -0.25) is 9.59 Å². The molecule has 0 radical (unpaired) electrons. The molecule has 2 amide bonds. The van der Waals surface area contributed by atoms with Crippen molar-refractivity contribution in [3.63, 3.8) is 0 Å². The van der Waals surface area contributed by atoms with Crippen molar-refractivity contribution in [2.45, 2.75) is 19.1 Å². The Kier molecular flexibility index (Phi) is 5.09. The van der Waals surface area contributed by atoms with Gasteiger partial charge >= 0.3 is 11.8 Å². The highest BCUT2D eigenvalue weighted by Gasteiger charge is 2.27. The third kappa shape index (κ3) is 4.12. The lowest BCUT2D eigenvalue weighted by Crippen LogP contribution is -2.45. The lowest BCUT2D eigenvalue weighted by atomic mass is 9.95. The summed E-state index contributed by atoms with van der Waals surface area (Å²) < 4.78 is 10.5. The summed E-state index contributed by atoms with van der Waals surface area (Å²) in [7, 11) is 0. The van der Waals surface area contributed by atoms with E-state index in [1.54, 1.807) is 25.1 Å². The van der Waals surface area contributed by atoms with Crippen LogP contribution in [0.25, 0.3) is 0 Å². The van der Waals surface area contributed by atoms with Crippen molar-refractivity contribution in [3.05, 3.63) is 59.7 Å². The minimum atomic E-state index is -1.36. The van der Waals surface area contributed by atoms with E-state index in [2.05, 4.69) is 10.6 Å². The summed E-state index contributed by atoms with van der Waals surface area (Å²) in [5.74, 6) is -0.416. The zero-order chi connectivity index (χ0) is 18.6. The van der Waals surface area contributed by atoms with Gasteiger partial charge in [0.1, 0.15) is 5.60 Å². The quantitative estimate of drug-likeness (QED) is 0.696. The van der Waals surface area contributed by atoms with Gasteiger partial charge in [-0.05, 0) is 30.2 Å². The average Bonchev–Trinajstić information content (AvgIpc) is 3.13. The van der Waals surface area contributed by atoms with Gasteiger partial charge in [-0.2, -0.15) is 0 Å². The summed E-state index contributed by atoms with van der Waals surface area (Å²) >= 11 is 0. The average molecular weight is 356 g/mol. The third-order valence-corrected chi connectivity index (χ3v) is 4.09. The number of fused-ring (bicyclic) bond motifs is 1. The Morgan fingerprint density at radius 3 is 2.50 bits per heavy atom. The fourth-order valence-corrected chi connectivity index (χ4v) is 2.52. The van der Waals surface area contributed by atoms with E-state index in [9.17, 15) is 14.7 Å². The molecule has 0 saturated carbocycles. The number of amides is 2. The second-order valence-electron chi connectivity index (χ2n) is 6.19. The summed E-state index contributed by atoms with van der Waals surface area (Å²) in [4.78, 5) is 23.8. The molecule has 136 valence electrons.